The van der Waals surface area contributed by atoms with Crippen molar-refractivity contribution in [3.8, 4) is 22.9 Å². The maximum absolute atomic E-state index is 11.8. The Bertz CT molecular complexity index is 959. The largest absolute Gasteiger partial charge is 0.480 e. The molecule has 1 aliphatic rings. The van der Waals surface area contributed by atoms with Gasteiger partial charge in [-0.05, 0) is 44.2 Å². The van der Waals surface area contributed by atoms with Crippen molar-refractivity contribution in [2.45, 2.75) is 19.4 Å². The number of rotatable bonds is 3. The summed E-state index contributed by atoms with van der Waals surface area (Å²) in [5.74, 6) is 0.979. The fraction of sp³-hybridized carbons (Fsp3) is 0.222. The predicted molar refractivity (Wildman–Crippen MR) is 88.2 cm³/mol. The fourth-order valence-corrected chi connectivity index (χ4v) is 2.92. The number of nitrogens with zero attached hydrogens (tertiary/aromatic N) is 2. The van der Waals surface area contributed by atoms with Crippen molar-refractivity contribution < 1.29 is 19.4 Å². The van der Waals surface area contributed by atoms with Crippen LogP contribution in [0.3, 0.4) is 0 Å². The standard InChI is InChI=1S/C18H16N2O4/c1-18(2,17(21)22)20-13-6-4-3-5-12(13)19-16(20)11-7-8-14-15(9-11)24-10-23-14/h3-9H,10H2,1-2H3,(H,21,22). The van der Waals surface area contributed by atoms with Crippen LogP contribution in [0.4, 0.5) is 0 Å². The molecule has 1 N–H and O–H groups in total. The topological polar surface area (TPSA) is 73.6 Å². The summed E-state index contributed by atoms with van der Waals surface area (Å²) in [6.07, 6.45) is 0. The Morgan fingerprint density at radius 3 is 2.71 bits per heavy atom. The Labute approximate surface area is 138 Å². The van der Waals surface area contributed by atoms with Gasteiger partial charge in [0.2, 0.25) is 6.79 Å². The lowest BCUT2D eigenvalue weighted by Gasteiger charge is -2.24. The number of fused-ring (bicyclic) bond motifs is 2. The minimum Gasteiger partial charge on any atom is -0.480 e. The third kappa shape index (κ3) is 2.03. The molecule has 0 amide bonds. The molecule has 1 aliphatic heterocycles. The summed E-state index contributed by atoms with van der Waals surface area (Å²) in [6.45, 7) is 3.52. The average Bonchev–Trinajstić information content (AvgIpc) is 3.18. The first-order chi connectivity index (χ1) is 11.5. The van der Waals surface area contributed by atoms with Crippen LogP contribution in [-0.4, -0.2) is 27.4 Å². The first-order valence-electron chi connectivity index (χ1n) is 7.60. The molecule has 0 saturated carbocycles. The molecule has 0 spiro atoms. The summed E-state index contributed by atoms with van der Waals surface area (Å²) in [5, 5.41) is 9.71. The molecule has 2 heterocycles. The maximum Gasteiger partial charge on any atom is 0.329 e. The Balaban J connectivity index is 2.00. The molecule has 6 nitrogen and oxygen atoms in total. The molecular formula is C18H16N2O4. The van der Waals surface area contributed by atoms with Crippen molar-refractivity contribution in [2.24, 2.45) is 0 Å². The van der Waals surface area contributed by atoms with Gasteiger partial charge in [0.05, 0.1) is 11.0 Å². The van der Waals surface area contributed by atoms with E-state index in [1.807, 2.05) is 42.5 Å². The Hall–Kier alpha value is -3.02. The lowest BCUT2D eigenvalue weighted by Crippen LogP contribution is -2.36. The average molecular weight is 324 g/mol. The van der Waals surface area contributed by atoms with Crippen LogP contribution in [0.15, 0.2) is 42.5 Å². The number of aromatic nitrogens is 2. The number of carboxylic acids is 1. The highest BCUT2D eigenvalue weighted by Crippen LogP contribution is 2.38. The van der Waals surface area contributed by atoms with E-state index in [0.29, 0.717) is 17.3 Å². The smallest absolute Gasteiger partial charge is 0.329 e. The highest BCUT2D eigenvalue weighted by Gasteiger charge is 2.34. The van der Waals surface area contributed by atoms with Gasteiger partial charge in [0.25, 0.3) is 0 Å². The number of ether oxygens (including phenoxy) is 2. The van der Waals surface area contributed by atoms with Gasteiger partial charge in [-0.25, -0.2) is 9.78 Å². The molecule has 0 atom stereocenters. The zero-order valence-corrected chi connectivity index (χ0v) is 13.3. The van der Waals surface area contributed by atoms with Crippen LogP contribution in [0, 0.1) is 0 Å². The first-order valence-corrected chi connectivity index (χ1v) is 7.60. The molecule has 3 aromatic rings. The number of para-hydroxylation sites is 2. The van der Waals surface area contributed by atoms with Crippen LogP contribution in [0.1, 0.15) is 13.8 Å². The summed E-state index contributed by atoms with van der Waals surface area (Å²) >= 11 is 0. The van der Waals surface area contributed by atoms with Crippen molar-refractivity contribution >= 4 is 17.0 Å². The van der Waals surface area contributed by atoms with Gasteiger partial charge in [0.15, 0.2) is 11.5 Å². The van der Waals surface area contributed by atoms with Crippen LogP contribution in [0.25, 0.3) is 22.4 Å². The van der Waals surface area contributed by atoms with Crippen LogP contribution >= 0.6 is 0 Å². The van der Waals surface area contributed by atoms with Gasteiger partial charge >= 0.3 is 5.97 Å². The summed E-state index contributed by atoms with van der Waals surface area (Å²) in [6, 6.07) is 13.0. The van der Waals surface area contributed by atoms with Gasteiger partial charge in [0.1, 0.15) is 11.4 Å². The SMILES string of the molecule is CC(C)(C(=O)O)n1c(-c2ccc3c(c2)OCO3)nc2ccccc21. The van der Waals surface area contributed by atoms with Crippen molar-refractivity contribution in [3.05, 3.63) is 42.5 Å². The number of imidazole rings is 1. The molecule has 0 saturated heterocycles. The van der Waals surface area contributed by atoms with Crippen molar-refractivity contribution in [1.82, 2.24) is 9.55 Å². The number of aliphatic carboxylic acids is 1. The van der Waals surface area contributed by atoms with E-state index < -0.39 is 11.5 Å². The summed E-state index contributed by atoms with van der Waals surface area (Å²) in [7, 11) is 0. The number of hydrogen-bond acceptors (Lipinski definition) is 4. The third-order valence-electron chi connectivity index (χ3n) is 4.27. The predicted octanol–water partition coefficient (Wildman–Crippen LogP) is 3.25. The second-order valence-corrected chi connectivity index (χ2v) is 6.19. The Morgan fingerprint density at radius 2 is 1.92 bits per heavy atom. The molecule has 0 radical (unpaired) electrons. The quantitative estimate of drug-likeness (QED) is 0.800. The van der Waals surface area contributed by atoms with Crippen molar-refractivity contribution in [3.63, 3.8) is 0 Å². The minimum absolute atomic E-state index is 0.190. The zero-order valence-electron chi connectivity index (χ0n) is 13.3. The molecule has 6 heteroatoms. The molecule has 0 aliphatic carbocycles. The summed E-state index contributed by atoms with van der Waals surface area (Å²) in [5.41, 5.74) is 1.16. The monoisotopic (exact) mass is 324 g/mol. The molecular weight excluding hydrogens is 308 g/mol. The van der Waals surface area contributed by atoms with E-state index in [0.717, 1.165) is 16.6 Å². The van der Waals surface area contributed by atoms with Crippen LogP contribution in [0.2, 0.25) is 0 Å². The van der Waals surface area contributed by atoms with E-state index in [2.05, 4.69) is 4.98 Å². The molecule has 0 bridgehead atoms. The van der Waals surface area contributed by atoms with Gasteiger partial charge in [-0.1, -0.05) is 12.1 Å². The maximum atomic E-state index is 11.8. The van der Waals surface area contributed by atoms with Gasteiger partial charge < -0.3 is 19.1 Å². The molecule has 2 aromatic carbocycles. The fourth-order valence-electron chi connectivity index (χ4n) is 2.92. The molecule has 0 fully saturated rings. The van der Waals surface area contributed by atoms with E-state index >= 15 is 0 Å². The molecule has 24 heavy (non-hydrogen) atoms. The van der Waals surface area contributed by atoms with Crippen molar-refractivity contribution in [2.75, 3.05) is 6.79 Å². The summed E-state index contributed by atoms with van der Waals surface area (Å²) in [4.78, 5) is 16.5. The van der Waals surface area contributed by atoms with E-state index in [9.17, 15) is 9.90 Å². The van der Waals surface area contributed by atoms with E-state index in [-0.39, 0.29) is 6.79 Å². The second-order valence-electron chi connectivity index (χ2n) is 6.19. The number of benzene rings is 2. The highest BCUT2D eigenvalue weighted by molar-refractivity contribution is 5.86. The Kier molecular flexibility index (Phi) is 3.03. The van der Waals surface area contributed by atoms with Crippen LogP contribution < -0.4 is 9.47 Å². The van der Waals surface area contributed by atoms with Crippen LogP contribution in [0.5, 0.6) is 11.5 Å². The van der Waals surface area contributed by atoms with Gasteiger partial charge in [-0.15, -0.1) is 0 Å². The number of carboxylic acid groups (broad SMARTS) is 1. The molecule has 1 aromatic heterocycles. The van der Waals surface area contributed by atoms with E-state index in [4.69, 9.17) is 9.47 Å². The molecule has 122 valence electrons. The third-order valence-corrected chi connectivity index (χ3v) is 4.27. The minimum atomic E-state index is -1.15. The number of carbonyl (C=O) groups is 1. The number of hydrogen-bond donors (Lipinski definition) is 1. The Morgan fingerprint density at radius 1 is 1.17 bits per heavy atom. The first kappa shape index (κ1) is 14.6. The van der Waals surface area contributed by atoms with Gasteiger partial charge in [-0.3, -0.25) is 0 Å². The van der Waals surface area contributed by atoms with Gasteiger partial charge in [0, 0.05) is 5.56 Å². The lowest BCUT2D eigenvalue weighted by atomic mass is 10.0. The molecule has 0 unspecified atom stereocenters. The van der Waals surface area contributed by atoms with Crippen LogP contribution in [-0.2, 0) is 10.3 Å². The second kappa shape index (κ2) is 4.99. The highest BCUT2D eigenvalue weighted by atomic mass is 16.7. The zero-order chi connectivity index (χ0) is 16.9. The van der Waals surface area contributed by atoms with Gasteiger partial charge in [-0.2, -0.15) is 0 Å². The normalized spacial score (nSPS) is 13.4. The van der Waals surface area contributed by atoms with Crippen molar-refractivity contribution in [1.29, 1.82) is 0 Å². The summed E-state index contributed by atoms with van der Waals surface area (Å²) < 4.78 is 12.5. The lowest BCUT2D eigenvalue weighted by molar-refractivity contribution is -0.145. The van der Waals surface area contributed by atoms with E-state index in [1.54, 1.807) is 18.4 Å². The van der Waals surface area contributed by atoms with E-state index in [1.165, 1.54) is 0 Å². The molecule has 4 rings (SSSR count).